The zero-order valence-corrected chi connectivity index (χ0v) is 23.7. The number of carbonyl (C=O) groups excluding carboxylic acids is 2. The van der Waals surface area contributed by atoms with Gasteiger partial charge in [-0.2, -0.15) is 0 Å². The van der Waals surface area contributed by atoms with E-state index in [0.717, 1.165) is 5.56 Å². The number of hydrogen-bond acceptors (Lipinski definition) is 5. The van der Waals surface area contributed by atoms with Crippen LogP contribution in [0.1, 0.15) is 52.7 Å². The highest BCUT2D eigenvalue weighted by Gasteiger charge is 2.36. The van der Waals surface area contributed by atoms with Crippen LogP contribution in [0.15, 0.2) is 72.8 Å². The van der Waals surface area contributed by atoms with Crippen LogP contribution < -0.4 is 14.4 Å². The van der Waals surface area contributed by atoms with Crippen LogP contribution >= 0.6 is 0 Å². The topological polar surface area (TPSA) is 65.1 Å². The van der Waals surface area contributed by atoms with Crippen molar-refractivity contribution >= 4 is 23.3 Å². The van der Waals surface area contributed by atoms with Crippen LogP contribution in [0.5, 0.6) is 11.5 Å². The van der Waals surface area contributed by atoms with Crippen LogP contribution in [0.25, 0.3) is 0 Å². The molecule has 3 aromatic rings. The highest BCUT2D eigenvalue weighted by Crippen LogP contribution is 2.32. The van der Waals surface area contributed by atoms with E-state index < -0.39 is 17.5 Å². The number of carbonyl (C=O) groups is 2. The van der Waals surface area contributed by atoms with Crippen molar-refractivity contribution in [2.24, 2.45) is 5.92 Å². The minimum Gasteiger partial charge on any atom is -0.497 e. The summed E-state index contributed by atoms with van der Waals surface area (Å²) >= 11 is 0. The number of esters is 1. The molecule has 0 N–H and O–H groups in total. The molecule has 0 aliphatic rings. The van der Waals surface area contributed by atoms with Gasteiger partial charge in [0.2, 0.25) is 5.91 Å². The van der Waals surface area contributed by atoms with Crippen LogP contribution in [0.2, 0.25) is 0 Å². The van der Waals surface area contributed by atoms with Gasteiger partial charge in [0, 0.05) is 11.4 Å². The van der Waals surface area contributed by atoms with Crippen LogP contribution in [0, 0.1) is 5.92 Å². The van der Waals surface area contributed by atoms with Crippen LogP contribution in [-0.4, -0.2) is 31.7 Å². The first-order valence-electron chi connectivity index (χ1n) is 12.8. The van der Waals surface area contributed by atoms with Gasteiger partial charge in [-0.25, -0.2) is 0 Å². The number of hydrogen-bond donors (Lipinski definition) is 0. The van der Waals surface area contributed by atoms with Crippen molar-refractivity contribution in [1.29, 1.82) is 0 Å². The van der Waals surface area contributed by atoms with Crippen molar-refractivity contribution in [3.8, 4) is 11.5 Å². The Bertz CT molecular complexity index is 1170. The maximum atomic E-state index is 14.3. The van der Waals surface area contributed by atoms with Gasteiger partial charge in [0.25, 0.3) is 0 Å². The Morgan fingerprint density at radius 1 is 0.711 bits per heavy atom. The highest BCUT2D eigenvalue weighted by atomic mass is 16.6. The van der Waals surface area contributed by atoms with Gasteiger partial charge in [-0.15, -0.1) is 0 Å². The molecule has 0 bridgehead atoms. The zero-order chi connectivity index (χ0) is 28.1. The molecule has 0 spiro atoms. The molecule has 202 valence electrons. The molecule has 6 heteroatoms. The molecule has 6 nitrogen and oxygen atoms in total. The molecular formula is C32H39NO5. The lowest BCUT2D eigenvalue weighted by atomic mass is 9.86. The number of benzene rings is 3. The van der Waals surface area contributed by atoms with Crippen molar-refractivity contribution in [2.75, 3.05) is 19.1 Å². The lowest BCUT2D eigenvalue weighted by Crippen LogP contribution is -2.41. The number of rotatable bonds is 8. The van der Waals surface area contributed by atoms with Crippen molar-refractivity contribution < 1.29 is 23.8 Å². The largest absolute Gasteiger partial charge is 0.497 e. The maximum absolute atomic E-state index is 14.3. The van der Waals surface area contributed by atoms with Gasteiger partial charge >= 0.3 is 5.97 Å². The Labute approximate surface area is 226 Å². The molecule has 0 unspecified atom stereocenters. The second kappa shape index (κ2) is 11.7. The average molecular weight is 518 g/mol. The van der Waals surface area contributed by atoms with E-state index in [1.807, 2.05) is 12.1 Å². The Kier molecular flexibility index (Phi) is 8.87. The average Bonchev–Trinajstić information content (AvgIpc) is 2.87. The smallest absolute Gasteiger partial charge is 0.319 e. The lowest BCUT2D eigenvalue weighted by Gasteiger charge is -2.29. The monoisotopic (exact) mass is 517 g/mol. The van der Waals surface area contributed by atoms with Crippen molar-refractivity contribution in [3.63, 3.8) is 0 Å². The van der Waals surface area contributed by atoms with Gasteiger partial charge in [0.1, 0.15) is 23.0 Å². The van der Waals surface area contributed by atoms with E-state index in [2.05, 4.69) is 32.9 Å². The molecule has 3 rings (SSSR count). The lowest BCUT2D eigenvalue weighted by molar-refractivity contribution is -0.161. The van der Waals surface area contributed by atoms with Gasteiger partial charge in [0.05, 0.1) is 14.2 Å². The second-order valence-electron chi connectivity index (χ2n) is 11.3. The quantitative estimate of drug-likeness (QED) is 0.241. The first-order valence-corrected chi connectivity index (χ1v) is 12.8. The summed E-state index contributed by atoms with van der Waals surface area (Å²) in [7, 11) is 3.18. The molecule has 0 aromatic heterocycles. The minimum atomic E-state index is -1.06. The standard InChI is InChI=1S/C32H39NO5/c1-31(2,3)23-11-9-22(10-12-23)21-28(30(35)38-32(4,5)6)29(34)33(24-13-17-26(36-7)18-14-24)25-15-19-27(37-8)20-16-25/h9-20,28H,21H2,1-8H3/t28-/m0/s1. The third-order valence-electron chi connectivity index (χ3n) is 6.13. The van der Waals surface area contributed by atoms with Gasteiger partial charge in [-0.3, -0.25) is 14.5 Å². The summed E-state index contributed by atoms with van der Waals surface area (Å²) in [6.45, 7) is 11.9. The summed E-state index contributed by atoms with van der Waals surface area (Å²) in [6, 6.07) is 22.4. The molecule has 0 saturated heterocycles. The van der Waals surface area contributed by atoms with E-state index in [-0.39, 0.29) is 17.7 Å². The normalized spacial score (nSPS) is 12.4. The van der Waals surface area contributed by atoms with Gasteiger partial charge in [-0.05, 0) is 92.3 Å². The molecular weight excluding hydrogens is 478 g/mol. The molecule has 1 atom stereocenters. The first kappa shape index (κ1) is 28.8. The molecule has 0 heterocycles. The number of ether oxygens (including phenoxy) is 3. The van der Waals surface area contributed by atoms with E-state index in [9.17, 15) is 9.59 Å². The Morgan fingerprint density at radius 2 is 1.16 bits per heavy atom. The van der Waals surface area contributed by atoms with Gasteiger partial charge < -0.3 is 14.2 Å². The van der Waals surface area contributed by atoms with Crippen LogP contribution in [-0.2, 0) is 26.2 Å². The summed E-state index contributed by atoms with van der Waals surface area (Å²) in [6.07, 6.45) is 0.209. The molecule has 0 saturated carbocycles. The van der Waals surface area contributed by atoms with E-state index in [1.165, 1.54) is 5.56 Å². The molecule has 38 heavy (non-hydrogen) atoms. The Balaban J connectivity index is 2.06. The molecule has 1 amide bonds. The molecule has 3 aromatic carbocycles. The van der Waals surface area contributed by atoms with E-state index in [1.54, 1.807) is 88.4 Å². The molecule has 0 aliphatic heterocycles. The first-order chi connectivity index (χ1) is 17.8. The van der Waals surface area contributed by atoms with Crippen molar-refractivity contribution in [3.05, 3.63) is 83.9 Å². The molecule has 0 fully saturated rings. The highest BCUT2D eigenvalue weighted by molar-refractivity contribution is 6.10. The predicted octanol–water partition coefficient (Wildman–Crippen LogP) is 6.87. The number of nitrogens with zero attached hydrogens (tertiary/aromatic N) is 1. The number of anilines is 2. The number of amides is 1. The van der Waals surface area contributed by atoms with Crippen molar-refractivity contribution in [2.45, 2.75) is 59.0 Å². The van der Waals surface area contributed by atoms with Gasteiger partial charge in [-0.1, -0.05) is 45.0 Å². The third kappa shape index (κ3) is 7.37. The third-order valence-corrected chi connectivity index (χ3v) is 6.13. The van der Waals surface area contributed by atoms with Crippen molar-refractivity contribution in [1.82, 2.24) is 0 Å². The van der Waals surface area contributed by atoms with E-state index >= 15 is 0 Å². The van der Waals surface area contributed by atoms with E-state index in [4.69, 9.17) is 14.2 Å². The minimum absolute atomic E-state index is 0.00154. The predicted molar refractivity (Wildman–Crippen MR) is 151 cm³/mol. The Morgan fingerprint density at radius 3 is 1.53 bits per heavy atom. The van der Waals surface area contributed by atoms with Crippen LogP contribution in [0.3, 0.4) is 0 Å². The molecule has 0 radical (unpaired) electrons. The fourth-order valence-corrected chi connectivity index (χ4v) is 4.04. The zero-order valence-electron chi connectivity index (χ0n) is 23.7. The van der Waals surface area contributed by atoms with Crippen LogP contribution in [0.4, 0.5) is 11.4 Å². The summed E-state index contributed by atoms with van der Waals surface area (Å²) < 4.78 is 16.3. The SMILES string of the molecule is COc1ccc(N(C(=O)[C@H](Cc2ccc(C(C)(C)C)cc2)C(=O)OC(C)(C)C)c2ccc(OC)cc2)cc1. The summed E-state index contributed by atoms with van der Waals surface area (Å²) in [4.78, 5) is 29.3. The summed E-state index contributed by atoms with van der Waals surface area (Å²) in [5, 5.41) is 0. The number of methoxy groups -OCH3 is 2. The Hall–Kier alpha value is -3.80. The van der Waals surface area contributed by atoms with Gasteiger partial charge in [0.15, 0.2) is 0 Å². The summed E-state index contributed by atoms with van der Waals surface area (Å²) in [5.74, 6) is -0.667. The second-order valence-corrected chi connectivity index (χ2v) is 11.3. The fourth-order valence-electron chi connectivity index (χ4n) is 4.04. The summed E-state index contributed by atoms with van der Waals surface area (Å²) in [5.41, 5.74) is 2.54. The molecule has 0 aliphatic carbocycles. The van der Waals surface area contributed by atoms with E-state index in [0.29, 0.717) is 22.9 Å². The maximum Gasteiger partial charge on any atom is 0.319 e. The fraction of sp³-hybridized carbons (Fsp3) is 0.375.